The first-order chi connectivity index (χ1) is 9.65. The summed E-state index contributed by atoms with van der Waals surface area (Å²) in [6.45, 7) is 9.87. The van der Waals surface area contributed by atoms with Gasteiger partial charge in [0, 0.05) is 12.1 Å². The van der Waals surface area contributed by atoms with Crippen molar-refractivity contribution in [3.05, 3.63) is 0 Å². The monoisotopic (exact) mass is 280 g/mol. The number of hydrogen-bond donors (Lipinski definition) is 1. The highest BCUT2D eigenvalue weighted by Crippen LogP contribution is 2.34. The lowest BCUT2D eigenvalue weighted by atomic mass is 9.76. The van der Waals surface area contributed by atoms with Crippen molar-refractivity contribution >= 4 is 0 Å². The maximum absolute atomic E-state index is 3.61. The fourth-order valence-electron chi connectivity index (χ4n) is 4.45. The Labute approximate surface area is 126 Å². The van der Waals surface area contributed by atoms with Crippen molar-refractivity contribution in [3.63, 3.8) is 0 Å². The number of rotatable bonds is 4. The molecular weight excluding hydrogens is 244 g/mol. The first kappa shape index (κ1) is 16.3. The van der Waals surface area contributed by atoms with Crippen LogP contribution in [0.2, 0.25) is 0 Å². The molecule has 1 N–H and O–H groups in total. The summed E-state index contributed by atoms with van der Waals surface area (Å²) in [7, 11) is 2.17. The van der Waals surface area contributed by atoms with Crippen LogP contribution in [0.1, 0.15) is 65.7 Å². The van der Waals surface area contributed by atoms with E-state index in [0.717, 1.165) is 29.8 Å². The van der Waals surface area contributed by atoms with Gasteiger partial charge >= 0.3 is 0 Å². The minimum Gasteiger partial charge on any atom is -0.315 e. The molecule has 2 aliphatic rings. The zero-order chi connectivity index (χ0) is 14.5. The predicted molar refractivity (Wildman–Crippen MR) is 88.0 cm³/mol. The largest absolute Gasteiger partial charge is 0.315 e. The second-order valence-corrected chi connectivity index (χ2v) is 7.52. The molecule has 2 fully saturated rings. The van der Waals surface area contributed by atoms with Crippen LogP contribution >= 0.6 is 0 Å². The summed E-state index contributed by atoms with van der Waals surface area (Å²) in [5.74, 6) is 2.78. The molecule has 0 spiro atoms. The van der Waals surface area contributed by atoms with Crippen molar-refractivity contribution in [3.8, 4) is 0 Å². The van der Waals surface area contributed by atoms with E-state index in [1.165, 1.54) is 58.0 Å². The van der Waals surface area contributed by atoms with Crippen molar-refractivity contribution in [2.24, 2.45) is 17.8 Å². The topological polar surface area (TPSA) is 15.3 Å². The van der Waals surface area contributed by atoms with Crippen molar-refractivity contribution in [2.75, 3.05) is 20.1 Å². The van der Waals surface area contributed by atoms with Crippen LogP contribution in [0.5, 0.6) is 0 Å². The quantitative estimate of drug-likeness (QED) is 0.840. The van der Waals surface area contributed by atoms with E-state index < -0.39 is 0 Å². The van der Waals surface area contributed by atoms with E-state index in [-0.39, 0.29) is 0 Å². The van der Waals surface area contributed by atoms with Gasteiger partial charge < -0.3 is 5.32 Å². The van der Waals surface area contributed by atoms with E-state index in [1.807, 2.05) is 0 Å². The normalized spacial score (nSPS) is 37.0. The smallest absolute Gasteiger partial charge is 0.0251 e. The molecule has 0 bridgehead atoms. The third kappa shape index (κ3) is 3.98. The Morgan fingerprint density at radius 3 is 2.55 bits per heavy atom. The van der Waals surface area contributed by atoms with Crippen molar-refractivity contribution in [1.29, 1.82) is 0 Å². The molecule has 1 aliphatic heterocycles. The van der Waals surface area contributed by atoms with Crippen molar-refractivity contribution in [2.45, 2.75) is 77.8 Å². The Morgan fingerprint density at radius 1 is 1.10 bits per heavy atom. The SMILES string of the molecule is CCC1CCCN(C2CC(C(C)C)CCC2NC)CC1. The third-order valence-corrected chi connectivity index (χ3v) is 6.10. The molecule has 0 aromatic heterocycles. The highest BCUT2D eigenvalue weighted by molar-refractivity contribution is 4.92. The maximum Gasteiger partial charge on any atom is 0.0251 e. The van der Waals surface area contributed by atoms with Gasteiger partial charge in [-0.05, 0) is 76.4 Å². The Bertz CT molecular complexity index is 277. The van der Waals surface area contributed by atoms with E-state index >= 15 is 0 Å². The van der Waals surface area contributed by atoms with Crippen LogP contribution < -0.4 is 5.32 Å². The molecule has 1 aliphatic carbocycles. The van der Waals surface area contributed by atoms with Gasteiger partial charge in [-0.15, -0.1) is 0 Å². The molecule has 0 aromatic rings. The Morgan fingerprint density at radius 2 is 1.90 bits per heavy atom. The fourth-order valence-corrected chi connectivity index (χ4v) is 4.45. The molecule has 2 nitrogen and oxygen atoms in total. The molecule has 118 valence electrons. The highest BCUT2D eigenvalue weighted by atomic mass is 15.2. The van der Waals surface area contributed by atoms with Gasteiger partial charge in [0.2, 0.25) is 0 Å². The van der Waals surface area contributed by atoms with Crippen LogP contribution in [0.3, 0.4) is 0 Å². The van der Waals surface area contributed by atoms with Crippen molar-refractivity contribution < 1.29 is 0 Å². The number of nitrogens with one attached hydrogen (secondary N) is 1. The minimum atomic E-state index is 0.725. The molecular formula is C18H36N2. The summed E-state index contributed by atoms with van der Waals surface area (Å²) in [5, 5.41) is 3.61. The van der Waals surface area contributed by atoms with Crippen LogP contribution in [0, 0.1) is 17.8 Å². The number of likely N-dealkylation sites (tertiary alicyclic amines) is 1. The van der Waals surface area contributed by atoms with Gasteiger partial charge in [-0.3, -0.25) is 4.90 Å². The molecule has 1 saturated heterocycles. The molecule has 1 heterocycles. The molecule has 4 atom stereocenters. The van der Waals surface area contributed by atoms with Gasteiger partial charge in [0.05, 0.1) is 0 Å². The molecule has 0 radical (unpaired) electrons. The minimum absolute atomic E-state index is 0.725. The molecule has 0 amide bonds. The van der Waals surface area contributed by atoms with Crippen LogP contribution in [0.25, 0.3) is 0 Å². The van der Waals surface area contributed by atoms with Crippen molar-refractivity contribution in [1.82, 2.24) is 10.2 Å². The van der Waals surface area contributed by atoms with Crippen LogP contribution in [0.15, 0.2) is 0 Å². The highest BCUT2D eigenvalue weighted by Gasteiger charge is 2.35. The van der Waals surface area contributed by atoms with E-state index in [0.29, 0.717) is 0 Å². The second kappa shape index (κ2) is 7.79. The molecule has 0 aromatic carbocycles. The average Bonchev–Trinajstić information content (AvgIpc) is 2.71. The van der Waals surface area contributed by atoms with Gasteiger partial charge in [-0.25, -0.2) is 0 Å². The van der Waals surface area contributed by atoms with E-state index in [1.54, 1.807) is 0 Å². The lowest BCUT2D eigenvalue weighted by Gasteiger charge is -2.43. The van der Waals surface area contributed by atoms with E-state index in [2.05, 4.69) is 38.0 Å². The Balaban J connectivity index is 1.99. The van der Waals surface area contributed by atoms with Gasteiger partial charge in [0.15, 0.2) is 0 Å². The summed E-state index contributed by atoms with van der Waals surface area (Å²) in [6.07, 6.45) is 9.89. The summed E-state index contributed by atoms with van der Waals surface area (Å²) in [4.78, 5) is 2.84. The Kier molecular flexibility index (Phi) is 6.35. The molecule has 20 heavy (non-hydrogen) atoms. The number of likely N-dealkylation sites (N-methyl/N-ethyl adjacent to an activating group) is 1. The first-order valence-corrected chi connectivity index (χ1v) is 9.07. The predicted octanol–water partition coefficient (Wildman–Crippen LogP) is 3.91. The van der Waals surface area contributed by atoms with Crippen LogP contribution in [-0.4, -0.2) is 37.1 Å². The van der Waals surface area contributed by atoms with Gasteiger partial charge in [-0.1, -0.05) is 27.2 Å². The average molecular weight is 281 g/mol. The van der Waals surface area contributed by atoms with Crippen LogP contribution in [0.4, 0.5) is 0 Å². The summed E-state index contributed by atoms with van der Waals surface area (Å²) in [5.41, 5.74) is 0. The van der Waals surface area contributed by atoms with Crippen LogP contribution in [-0.2, 0) is 0 Å². The standard InChI is InChI=1S/C18H36N2/c1-5-15-7-6-11-20(12-10-15)18-13-16(14(2)3)8-9-17(18)19-4/h14-19H,5-13H2,1-4H3. The lowest BCUT2D eigenvalue weighted by Crippen LogP contribution is -2.53. The third-order valence-electron chi connectivity index (χ3n) is 6.10. The molecule has 1 saturated carbocycles. The maximum atomic E-state index is 3.61. The zero-order valence-electron chi connectivity index (χ0n) is 14.2. The number of nitrogens with zero attached hydrogens (tertiary/aromatic N) is 1. The number of hydrogen-bond acceptors (Lipinski definition) is 2. The van der Waals surface area contributed by atoms with E-state index in [9.17, 15) is 0 Å². The lowest BCUT2D eigenvalue weighted by molar-refractivity contribution is 0.0874. The van der Waals surface area contributed by atoms with Gasteiger partial charge in [0.25, 0.3) is 0 Å². The van der Waals surface area contributed by atoms with E-state index in [4.69, 9.17) is 0 Å². The molecule has 2 rings (SSSR count). The fraction of sp³-hybridized carbons (Fsp3) is 1.00. The van der Waals surface area contributed by atoms with Gasteiger partial charge in [-0.2, -0.15) is 0 Å². The summed E-state index contributed by atoms with van der Waals surface area (Å²) >= 11 is 0. The molecule has 2 heteroatoms. The first-order valence-electron chi connectivity index (χ1n) is 9.07. The van der Waals surface area contributed by atoms with Gasteiger partial charge in [0.1, 0.15) is 0 Å². The summed E-state index contributed by atoms with van der Waals surface area (Å²) in [6, 6.07) is 1.51. The second-order valence-electron chi connectivity index (χ2n) is 7.52. The zero-order valence-corrected chi connectivity index (χ0v) is 14.2. The Hall–Kier alpha value is -0.0800. The molecule has 4 unspecified atom stereocenters. The summed E-state index contributed by atoms with van der Waals surface area (Å²) < 4.78 is 0.